The van der Waals surface area contributed by atoms with Crippen LogP contribution in [0, 0.1) is 4.77 Å². The van der Waals surface area contributed by atoms with Crippen molar-refractivity contribution in [3.05, 3.63) is 23.0 Å². The summed E-state index contributed by atoms with van der Waals surface area (Å²) in [6.45, 7) is 2.52. The minimum atomic E-state index is -0.0244. The number of benzene rings is 1. The van der Waals surface area contributed by atoms with E-state index in [0.29, 0.717) is 17.1 Å². The standard InChI is InChI=1S/C10H11N3O2S/c1-2-13-9(11-12-10(13)16)8-6(14)4-3-5-7(8)15/h3-5,14-15H,2H2,1H3,(H,12,16). The number of aromatic amines is 1. The first kappa shape index (κ1) is 10.7. The molecule has 1 heterocycles. The molecule has 0 amide bonds. The summed E-state index contributed by atoms with van der Waals surface area (Å²) < 4.78 is 2.16. The Morgan fingerprint density at radius 3 is 2.56 bits per heavy atom. The number of aromatic hydroxyl groups is 2. The van der Waals surface area contributed by atoms with Gasteiger partial charge >= 0.3 is 0 Å². The van der Waals surface area contributed by atoms with E-state index in [1.165, 1.54) is 12.1 Å². The van der Waals surface area contributed by atoms with Gasteiger partial charge in [-0.3, -0.25) is 5.10 Å². The van der Waals surface area contributed by atoms with Crippen molar-refractivity contribution >= 4 is 12.2 Å². The molecule has 0 atom stereocenters. The minimum absolute atomic E-state index is 0.0244. The van der Waals surface area contributed by atoms with Gasteiger partial charge in [-0.15, -0.1) is 0 Å². The van der Waals surface area contributed by atoms with Gasteiger partial charge in [0.25, 0.3) is 0 Å². The zero-order valence-electron chi connectivity index (χ0n) is 8.64. The fourth-order valence-electron chi connectivity index (χ4n) is 1.56. The van der Waals surface area contributed by atoms with Crippen LogP contribution >= 0.6 is 12.2 Å². The fraction of sp³-hybridized carbons (Fsp3) is 0.200. The van der Waals surface area contributed by atoms with Crippen LogP contribution in [-0.2, 0) is 6.54 Å². The average Bonchev–Trinajstić information content (AvgIpc) is 2.59. The molecule has 0 aliphatic heterocycles. The Morgan fingerprint density at radius 1 is 1.38 bits per heavy atom. The third-order valence-corrected chi connectivity index (χ3v) is 2.63. The van der Waals surface area contributed by atoms with Gasteiger partial charge in [-0.05, 0) is 31.3 Å². The lowest BCUT2D eigenvalue weighted by molar-refractivity contribution is 0.452. The van der Waals surface area contributed by atoms with Gasteiger partial charge in [-0.25, -0.2) is 0 Å². The second-order valence-corrected chi connectivity index (χ2v) is 3.65. The van der Waals surface area contributed by atoms with E-state index in [-0.39, 0.29) is 17.1 Å². The molecular weight excluding hydrogens is 226 g/mol. The number of phenolic OH excluding ortho intramolecular Hbond substituents is 2. The highest BCUT2D eigenvalue weighted by Gasteiger charge is 2.15. The van der Waals surface area contributed by atoms with Crippen molar-refractivity contribution in [2.45, 2.75) is 13.5 Å². The molecule has 6 heteroatoms. The Morgan fingerprint density at radius 2 is 2.00 bits per heavy atom. The van der Waals surface area contributed by atoms with E-state index in [2.05, 4.69) is 10.2 Å². The van der Waals surface area contributed by atoms with Crippen molar-refractivity contribution in [2.24, 2.45) is 0 Å². The van der Waals surface area contributed by atoms with E-state index in [1.807, 2.05) is 6.92 Å². The molecule has 0 unspecified atom stereocenters. The highest BCUT2D eigenvalue weighted by Crippen LogP contribution is 2.35. The Balaban J connectivity index is 2.72. The normalized spacial score (nSPS) is 10.6. The number of phenols is 2. The van der Waals surface area contributed by atoms with Crippen molar-refractivity contribution < 1.29 is 10.2 Å². The summed E-state index contributed by atoms with van der Waals surface area (Å²) in [7, 11) is 0. The number of rotatable bonds is 2. The molecule has 1 aromatic heterocycles. The number of aromatic nitrogens is 3. The van der Waals surface area contributed by atoms with E-state index >= 15 is 0 Å². The summed E-state index contributed by atoms with van der Waals surface area (Å²) >= 11 is 5.04. The molecule has 0 bridgehead atoms. The van der Waals surface area contributed by atoms with Gasteiger partial charge in [0.1, 0.15) is 17.1 Å². The molecule has 0 aliphatic rings. The van der Waals surface area contributed by atoms with Crippen LogP contribution < -0.4 is 0 Å². The highest BCUT2D eigenvalue weighted by atomic mass is 32.1. The molecule has 16 heavy (non-hydrogen) atoms. The maximum absolute atomic E-state index is 9.71. The molecule has 0 fully saturated rings. The third kappa shape index (κ3) is 1.57. The van der Waals surface area contributed by atoms with Crippen LogP contribution in [0.1, 0.15) is 6.92 Å². The van der Waals surface area contributed by atoms with Crippen LogP contribution in [0.3, 0.4) is 0 Å². The topological polar surface area (TPSA) is 74.1 Å². The molecule has 2 aromatic rings. The SMILES string of the molecule is CCn1c(-c2c(O)cccc2O)n[nH]c1=S. The molecule has 2 rings (SSSR count). The molecule has 0 saturated carbocycles. The largest absolute Gasteiger partial charge is 0.507 e. The van der Waals surface area contributed by atoms with Gasteiger partial charge < -0.3 is 14.8 Å². The quantitative estimate of drug-likeness (QED) is 0.699. The lowest BCUT2D eigenvalue weighted by atomic mass is 10.1. The zero-order chi connectivity index (χ0) is 11.7. The average molecular weight is 237 g/mol. The number of hydrogen-bond donors (Lipinski definition) is 3. The molecule has 84 valence electrons. The Bertz CT molecular complexity index is 553. The van der Waals surface area contributed by atoms with Gasteiger partial charge in [0.2, 0.25) is 0 Å². The van der Waals surface area contributed by atoms with Crippen LogP contribution in [-0.4, -0.2) is 25.0 Å². The smallest absolute Gasteiger partial charge is 0.195 e. The number of nitrogens with one attached hydrogen (secondary N) is 1. The Labute approximate surface area is 97.0 Å². The monoisotopic (exact) mass is 237 g/mol. The Hall–Kier alpha value is -1.82. The van der Waals surface area contributed by atoms with E-state index < -0.39 is 0 Å². The van der Waals surface area contributed by atoms with Crippen molar-refractivity contribution in [1.29, 1.82) is 0 Å². The molecule has 3 N–H and O–H groups in total. The summed E-state index contributed by atoms with van der Waals surface area (Å²) in [5, 5.41) is 26.1. The molecule has 0 saturated heterocycles. The molecule has 0 spiro atoms. The van der Waals surface area contributed by atoms with Gasteiger partial charge in [-0.1, -0.05) is 6.07 Å². The highest BCUT2D eigenvalue weighted by molar-refractivity contribution is 7.71. The summed E-state index contributed by atoms with van der Waals surface area (Å²) in [4.78, 5) is 0. The van der Waals surface area contributed by atoms with Crippen LogP contribution in [0.4, 0.5) is 0 Å². The molecule has 1 aromatic carbocycles. The summed E-state index contributed by atoms with van der Waals surface area (Å²) in [6.07, 6.45) is 0. The van der Waals surface area contributed by atoms with Crippen LogP contribution in [0.15, 0.2) is 18.2 Å². The van der Waals surface area contributed by atoms with Gasteiger partial charge in [-0.2, -0.15) is 5.10 Å². The van der Waals surface area contributed by atoms with Crippen LogP contribution in [0.2, 0.25) is 0 Å². The van der Waals surface area contributed by atoms with E-state index in [0.717, 1.165) is 0 Å². The van der Waals surface area contributed by atoms with Gasteiger partial charge in [0, 0.05) is 6.54 Å². The molecule has 5 nitrogen and oxygen atoms in total. The molecular formula is C10H11N3O2S. The number of hydrogen-bond acceptors (Lipinski definition) is 4. The lowest BCUT2D eigenvalue weighted by Gasteiger charge is -2.07. The lowest BCUT2D eigenvalue weighted by Crippen LogP contribution is -1.98. The molecule has 0 aliphatic carbocycles. The Kier molecular flexibility index (Phi) is 2.66. The first-order valence-electron chi connectivity index (χ1n) is 4.81. The predicted octanol–water partition coefficient (Wildman–Crippen LogP) is 2.04. The third-order valence-electron chi connectivity index (χ3n) is 2.32. The number of H-pyrrole nitrogens is 1. The maximum Gasteiger partial charge on any atom is 0.195 e. The van der Waals surface area contributed by atoms with Crippen molar-refractivity contribution in [2.75, 3.05) is 0 Å². The zero-order valence-corrected chi connectivity index (χ0v) is 9.45. The van der Waals surface area contributed by atoms with E-state index in [1.54, 1.807) is 10.6 Å². The minimum Gasteiger partial charge on any atom is -0.507 e. The van der Waals surface area contributed by atoms with E-state index in [9.17, 15) is 10.2 Å². The van der Waals surface area contributed by atoms with Crippen molar-refractivity contribution in [3.63, 3.8) is 0 Å². The first-order chi connectivity index (χ1) is 7.65. The van der Waals surface area contributed by atoms with Gasteiger partial charge in [0.15, 0.2) is 10.6 Å². The fourth-order valence-corrected chi connectivity index (χ4v) is 1.82. The van der Waals surface area contributed by atoms with Crippen molar-refractivity contribution in [3.8, 4) is 22.9 Å². The second kappa shape index (κ2) is 3.97. The predicted molar refractivity (Wildman–Crippen MR) is 61.9 cm³/mol. The molecule has 0 radical (unpaired) electrons. The van der Waals surface area contributed by atoms with Crippen LogP contribution in [0.5, 0.6) is 11.5 Å². The van der Waals surface area contributed by atoms with Crippen LogP contribution in [0.25, 0.3) is 11.4 Å². The first-order valence-corrected chi connectivity index (χ1v) is 5.22. The summed E-state index contributed by atoms with van der Waals surface area (Å²) in [5.74, 6) is 0.385. The maximum atomic E-state index is 9.71. The second-order valence-electron chi connectivity index (χ2n) is 3.27. The summed E-state index contributed by atoms with van der Waals surface area (Å²) in [5.41, 5.74) is 0.289. The van der Waals surface area contributed by atoms with Gasteiger partial charge in [0.05, 0.1) is 0 Å². The van der Waals surface area contributed by atoms with E-state index in [4.69, 9.17) is 12.2 Å². The number of nitrogens with zero attached hydrogens (tertiary/aromatic N) is 2. The van der Waals surface area contributed by atoms with Crippen molar-refractivity contribution in [1.82, 2.24) is 14.8 Å². The summed E-state index contributed by atoms with van der Waals surface area (Å²) in [6, 6.07) is 4.55.